The largest absolute Gasteiger partial charge is 0.478 e. The van der Waals surface area contributed by atoms with Crippen LogP contribution in [-0.4, -0.2) is 16.5 Å². The highest BCUT2D eigenvalue weighted by Gasteiger charge is 2.09. The molecule has 0 saturated carbocycles. The third kappa shape index (κ3) is 3.39. The zero-order valence-electron chi connectivity index (χ0n) is 12.4. The van der Waals surface area contributed by atoms with Crippen molar-refractivity contribution < 1.29 is 9.66 Å². The normalized spacial score (nSPS) is 10.8. The Morgan fingerprint density at radius 3 is 2.92 bits per heavy atom. The predicted octanol–water partition coefficient (Wildman–Crippen LogP) is 4.28. The number of nitriles is 1. The fourth-order valence-electron chi connectivity index (χ4n) is 2.14. The molecule has 0 aliphatic rings. The van der Waals surface area contributed by atoms with Gasteiger partial charge in [-0.1, -0.05) is 18.2 Å². The number of hydrogen-bond donors (Lipinski definition) is 0. The van der Waals surface area contributed by atoms with E-state index < -0.39 is 4.92 Å². The van der Waals surface area contributed by atoms with Crippen LogP contribution >= 0.6 is 11.3 Å². The molecule has 1 aromatic heterocycles. The monoisotopic (exact) mass is 337 g/mol. The lowest BCUT2D eigenvalue weighted by atomic mass is 10.2. The Labute approximate surface area is 141 Å². The second-order valence-corrected chi connectivity index (χ2v) is 5.84. The summed E-state index contributed by atoms with van der Waals surface area (Å²) in [7, 11) is 0. The highest BCUT2D eigenvalue weighted by Crippen LogP contribution is 2.28. The average molecular weight is 337 g/mol. The van der Waals surface area contributed by atoms with Crippen molar-refractivity contribution >= 4 is 39.4 Å². The van der Waals surface area contributed by atoms with Crippen LogP contribution in [0.1, 0.15) is 10.6 Å². The second-order valence-electron chi connectivity index (χ2n) is 4.78. The molecule has 0 unspecified atom stereocenters. The van der Waals surface area contributed by atoms with E-state index in [-0.39, 0.29) is 12.3 Å². The van der Waals surface area contributed by atoms with Crippen LogP contribution < -0.4 is 4.74 Å². The zero-order valence-corrected chi connectivity index (χ0v) is 13.2. The molecule has 0 atom stereocenters. The van der Waals surface area contributed by atoms with Gasteiger partial charge >= 0.3 is 0 Å². The number of ether oxygens (including phenoxy) is 1. The highest BCUT2D eigenvalue weighted by atomic mass is 32.1. The van der Waals surface area contributed by atoms with Crippen LogP contribution in [0.15, 0.2) is 42.5 Å². The molecule has 1 heterocycles. The van der Waals surface area contributed by atoms with E-state index in [2.05, 4.69) is 4.98 Å². The molecule has 3 aromatic rings. The molecule has 0 amide bonds. The summed E-state index contributed by atoms with van der Waals surface area (Å²) in [6.07, 6.45) is 3.67. The summed E-state index contributed by atoms with van der Waals surface area (Å²) in [4.78, 5) is 14.8. The molecule has 3 rings (SSSR count). The molecule has 6 nitrogen and oxygen atoms in total. The number of nitrogens with zero attached hydrogens (tertiary/aromatic N) is 3. The maximum atomic E-state index is 10.8. The van der Waals surface area contributed by atoms with Crippen LogP contribution in [0.4, 0.5) is 5.69 Å². The molecule has 2 aromatic carbocycles. The lowest BCUT2D eigenvalue weighted by Gasteiger charge is -2.04. The molecule has 0 N–H and O–H groups in total. The van der Waals surface area contributed by atoms with Crippen molar-refractivity contribution in [3.05, 3.63) is 63.1 Å². The van der Waals surface area contributed by atoms with Crippen molar-refractivity contribution in [3.8, 4) is 11.8 Å². The summed E-state index contributed by atoms with van der Waals surface area (Å²) in [6.45, 7) is -0.0182. The number of fused-ring (bicyclic) bond motifs is 1. The van der Waals surface area contributed by atoms with Crippen LogP contribution in [-0.2, 0) is 0 Å². The van der Waals surface area contributed by atoms with Gasteiger partial charge in [0.15, 0.2) is 6.61 Å². The Morgan fingerprint density at radius 1 is 1.29 bits per heavy atom. The van der Waals surface area contributed by atoms with Gasteiger partial charge in [0.05, 0.1) is 15.1 Å². The van der Waals surface area contributed by atoms with Gasteiger partial charge in [-0.2, -0.15) is 5.26 Å². The summed E-state index contributed by atoms with van der Waals surface area (Å²) >= 11 is 1.45. The number of non-ortho nitro benzene ring substituents is 1. The van der Waals surface area contributed by atoms with E-state index in [4.69, 9.17) is 10.00 Å². The zero-order chi connectivity index (χ0) is 16.9. The highest BCUT2D eigenvalue weighted by molar-refractivity contribution is 7.19. The summed E-state index contributed by atoms with van der Waals surface area (Å²) in [5.41, 5.74) is 1.46. The first-order valence-corrected chi connectivity index (χ1v) is 7.81. The quantitative estimate of drug-likeness (QED) is 0.512. The minimum Gasteiger partial charge on any atom is -0.478 e. The molecule has 0 bridgehead atoms. The molecule has 118 valence electrons. The Balaban J connectivity index is 1.88. The molecule has 24 heavy (non-hydrogen) atoms. The number of para-hydroxylation sites is 1. The third-order valence-corrected chi connectivity index (χ3v) is 4.22. The molecule has 0 saturated heterocycles. The summed E-state index contributed by atoms with van der Waals surface area (Å²) < 4.78 is 6.25. The number of nitro benzene ring substituents is 1. The summed E-state index contributed by atoms with van der Waals surface area (Å²) in [5.74, 6) is 0.618. The predicted molar refractivity (Wildman–Crippen MR) is 92.8 cm³/mol. The maximum Gasteiger partial charge on any atom is 0.271 e. The molecule has 0 aliphatic heterocycles. The number of thiazole rings is 1. The lowest BCUT2D eigenvalue weighted by molar-refractivity contribution is -0.384. The van der Waals surface area contributed by atoms with Crippen LogP contribution in [0.25, 0.3) is 22.4 Å². The number of benzene rings is 2. The van der Waals surface area contributed by atoms with E-state index in [1.165, 1.54) is 23.5 Å². The van der Waals surface area contributed by atoms with Gasteiger partial charge < -0.3 is 4.74 Å². The fraction of sp³-hybridized carbons (Fsp3) is 0.0588. The van der Waals surface area contributed by atoms with Gasteiger partial charge in [0.25, 0.3) is 5.69 Å². The number of nitro groups is 1. The van der Waals surface area contributed by atoms with Crippen molar-refractivity contribution in [1.82, 2.24) is 4.98 Å². The van der Waals surface area contributed by atoms with Crippen molar-refractivity contribution in [1.29, 1.82) is 5.26 Å². The first kappa shape index (κ1) is 15.6. The maximum absolute atomic E-state index is 10.8. The second kappa shape index (κ2) is 6.89. The van der Waals surface area contributed by atoms with Crippen LogP contribution in [0.2, 0.25) is 0 Å². The van der Waals surface area contributed by atoms with Crippen LogP contribution in [0.3, 0.4) is 0 Å². The SMILES string of the molecule is N#CCOc1ccccc1/C=C/c1nc2cc([N+](=O)[O-])ccc2s1. The van der Waals surface area contributed by atoms with Gasteiger partial charge in [0, 0.05) is 17.7 Å². The Kier molecular flexibility index (Phi) is 4.50. The van der Waals surface area contributed by atoms with E-state index in [1.54, 1.807) is 12.1 Å². The summed E-state index contributed by atoms with van der Waals surface area (Å²) in [5, 5.41) is 20.2. The average Bonchev–Trinajstić information content (AvgIpc) is 3.00. The van der Waals surface area contributed by atoms with Crippen LogP contribution in [0.5, 0.6) is 5.75 Å². The van der Waals surface area contributed by atoms with Gasteiger partial charge in [-0.05, 0) is 24.3 Å². The first-order valence-electron chi connectivity index (χ1n) is 6.99. The van der Waals surface area contributed by atoms with Gasteiger partial charge in [-0.15, -0.1) is 11.3 Å². The molecule has 0 radical (unpaired) electrons. The molecule has 7 heteroatoms. The first-order chi connectivity index (χ1) is 11.7. The summed E-state index contributed by atoms with van der Waals surface area (Å²) in [6, 6.07) is 14.0. The van der Waals surface area contributed by atoms with E-state index in [0.29, 0.717) is 11.3 Å². The van der Waals surface area contributed by atoms with E-state index in [0.717, 1.165) is 15.3 Å². The van der Waals surface area contributed by atoms with Crippen LogP contribution in [0, 0.1) is 21.4 Å². The molecular weight excluding hydrogens is 326 g/mol. The molecule has 0 spiro atoms. The Hall–Kier alpha value is -3.24. The van der Waals surface area contributed by atoms with E-state index >= 15 is 0 Å². The van der Waals surface area contributed by atoms with E-state index in [1.807, 2.05) is 36.4 Å². The van der Waals surface area contributed by atoms with Crippen molar-refractivity contribution in [2.24, 2.45) is 0 Å². The topological polar surface area (TPSA) is 89.0 Å². The van der Waals surface area contributed by atoms with Crippen molar-refractivity contribution in [2.45, 2.75) is 0 Å². The van der Waals surface area contributed by atoms with Crippen molar-refractivity contribution in [3.63, 3.8) is 0 Å². The van der Waals surface area contributed by atoms with Gasteiger partial charge in [0.1, 0.15) is 16.8 Å². The molecular formula is C17H11N3O3S. The minimum absolute atomic E-state index is 0.0182. The van der Waals surface area contributed by atoms with Crippen molar-refractivity contribution in [2.75, 3.05) is 6.61 Å². The lowest BCUT2D eigenvalue weighted by Crippen LogP contribution is -1.94. The smallest absolute Gasteiger partial charge is 0.271 e. The standard InChI is InChI=1S/C17H11N3O3S/c18-9-10-23-15-4-2-1-3-12(15)5-8-17-19-14-11-13(20(21)22)6-7-16(14)24-17/h1-8,11H,10H2/b8-5+. The van der Waals surface area contributed by atoms with Gasteiger partial charge in [0.2, 0.25) is 0 Å². The Bertz CT molecular complexity index is 973. The molecule has 0 aliphatic carbocycles. The van der Waals surface area contributed by atoms with E-state index in [9.17, 15) is 10.1 Å². The van der Waals surface area contributed by atoms with Gasteiger partial charge in [-0.3, -0.25) is 10.1 Å². The minimum atomic E-state index is -0.433. The fourth-order valence-corrected chi connectivity index (χ4v) is 2.99. The number of aromatic nitrogens is 1. The molecule has 0 fully saturated rings. The number of hydrogen-bond acceptors (Lipinski definition) is 6. The number of rotatable bonds is 5. The Morgan fingerprint density at radius 2 is 2.12 bits per heavy atom. The van der Waals surface area contributed by atoms with Gasteiger partial charge in [-0.25, -0.2) is 4.98 Å². The third-order valence-electron chi connectivity index (χ3n) is 3.22.